The van der Waals surface area contributed by atoms with Gasteiger partial charge in [0.2, 0.25) is 0 Å². The van der Waals surface area contributed by atoms with Gasteiger partial charge in [-0.15, -0.1) is 0 Å². The predicted molar refractivity (Wildman–Crippen MR) is 83.9 cm³/mol. The number of rotatable bonds is 4. The van der Waals surface area contributed by atoms with Gasteiger partial charge in [-0.2, -0.15) is 0 Å². The zero-order chi connectivity index (χ0) is 13.4. The Morgan fingerprint density at radius 2 is 1.75 bits per heavy atom. The quantitative estimate of drug-likeness (QED) is 0.844. The van der Waals surface area contributed by atoms with Crippen molar-refractivity contribution in [1.29, 1.82) is 0 Å². The van der Waals surface area contributed by atoms with Crippen LogP contribution in [-0.2, 0) is 0 Å². The Labute approximate surface area is 124 Å². The fourth-order valence-electron chi connectivity index (χ4n) is 5.35. The molecule has 0 aromatic heterocycles. The summed E-state index contributed by atoms with van der Waals surface area (Å²) in [6, 6.07) is 1.94. The van der Waals surface area contributed by atoms with E-state index in [1.54, 1.807) is 19.3 Å². The summed E-state index contributed by atoms with van der Waals surface area (Å²) in [7, 11) is 0. The second kappa shape index (κ2) is 5.61. The second-order valence-electron chi connectivity index (χ2n) is 8.12. The zero-order valence-corrected chi connectivity index (χ0v) is 13.1. The van der Waals surface area contributed by atoms with Gasteiger partial charge in [-0.3, -0.25) is 4.90 Å². The van der Waals surface area contributed by atoms with Crippen molar-refractivity contribution < 1.29 is 0 Å². The lowest BCUT2D eigenvalue weighted by molar-refractivity contribution is -0.0633. The maximum atomic E-state index is 3.62. The topological polar surface area (TPSA) is 15.3 Å². The van der Waals surface area contributed by atoms with Crippen molar-refractivity contribution in [1.82, 2.24) is 10.2 Å². The molecule has 4 aliphatic rings. The lowest BCUT2D eigenvalue weighted by Gasteiger charge is -2.57. The molecule has 4 fully saturated rings. The Bertz CT molecular complexity index is 324. The number of hydrogen-bond acceptors (Lipinski definition) is 2. The first-order valence-electron chi connectivity index (χ1n) is 9.34. The van der Waals surface area contributed by atoms with Crippen LogP contribution in [0.2, 0.25) is 0 Å². The van der Waals surface area contributed by atoms with Gasteiger partial charge in [0.05, 0.1) is 0 Å². The standard InChI is InChI=1S/C18H32N2/c1-2-9-18(10-3-1)11-8-17(18)20(16-6-7-16)14-15-5-4-12-19-13-15/h15-17,19H,1-14H2. The molecule has 1 aliphatic heterocycles. The lowest BCUT2D eigenvalue weighted by atomic mass is 9.56. The minimum Gasteiger partial charge on any atom is -0.316 e. The van der Waals surface area contributed by atoms with Gasteiger partial charge >= 0.3 is 0 Å². The van der Waals surface area contributed by atoms with Crippen LogP contribution in [-0.4, -0.2) is 36.6 Å². The molecular weight excluding hydrogens is 244 g/mol. The van der Waals surface area contributed by atoms with E-state index in [0.29, 0.717) is 0 Å². The minimum atomic E-state index is 0.767. The Kier molecular flexibility index (Phi) is 3.80. The molecule has 1 spiro atoms. The first-order chi connectivity index (χ1) is 9.87. The van der Waals surface area contributed by atoms with Crippen LogP contribution in [0.25, 0.3) is 0 Å². The molecule has 2 unspecified atom stereocenters. The minimum absolute atomic E-state index is 0.767. The van der Waals surface area contributed by atoms with E-state index < -0.39 is 0 Å². The highest BCUT2D eigenvalue weighted by Gasteiger charge is 2.52. The van der Waals surface area contributed by atoms with Crippen LogP contribution in [0, 0.1) is 11.3 Å². The molecule has 0 amide bonds. The average Bonchev–Trinajstić information content (AvgIpc) is 3.32. The van der Waals surface area contributed by atoms with Crippen LogP contribution >= 0.6 is 0 Å². The van der Waals surface area contributed by atoms with Crippen LogP contribution in [0.4, 0.5) is 0 Å². The molecule has 4 rings (SSSR count). The third-order valence-corrected chi connectivity index (χ3v) is 6.76. The molecule has 2 atom stereocenters. The maximum absolute atomic E-state index is 3.62. The van der Waals surface area contributed by atoms with Crippen molar-refractivity contribution in [2.45, 2.75) is 82.7 Å². The molecule has 114 valence electrons. The summed E-state index contributed by atoms with van der Waals surface area (Å²) in [5.74, 6) is 0.936. The van der Waals surface area contributed by atoms with E-state index in [0.717, 1.165) is 23.4 Å². The maximum Gasteiger partial charge on any atom is 0.0155 e. The molecule has 0 bridgehead atoms. The molecule has 0 aromatic rings. The highest BCUT2D eigenvalue weighted by molar-refractivity contribution is 5.06. The van der Waals surface area contributed by atoms with Gasteiger partial charge < -0.3 is 5.32 Å². The summed E-state index contributed by atoms with van der Waals surface area (Å²) in [5, 5.41) is 3.62. The zero-order valence-electron chi connectivity index (χ0n) is 13.1. The third kappa shape index (κ3) is 2.54. The van der Waals surface area contributed by atoms with E-state index in [9.17, 15) is 0 Å². The Morgan fingerprint density at radius 1 is 0.900 bits per heavy atom. The van der Waals surface area contributed by atoms with Crippen LogP contribution in [0.15, 0.2) is 0 Å². The first kappa shape index (κ1) is 13.6. The van der Waals surface area contributed by atoms with Crippen LogP contribution in [0.3, 0.4) is 0 Å². The number of hydrogen-bond donors (Lipinski definition) is 1. The van der Waals surface area contributed by atoms with Gasteiger partial charge in [0.15, 0.2) is 0 Å². The van der Waals surface area contributed by atoms with Gasteiger partial charge in [-0.25, -0.2) is 0 Å². The van der Waals surface area contributed by atoms with Crippen molar-refractivity contribution in [3.05, 3.63) is 0 Å². The summed E-state index contributed by atoms with van der Waals surface area (Å²) in [5.41, 5.74) is 0.767. The van der Waals surface area contributed by atoms with Crippen LogP contribution < -0.4 is 5.32 Å². The monoisotopic (exact) mass is 276 g/mol. The van der Waals surface area contributed by atoms with Crippen LogP contribution in [0.5, 0.6) is 0 Å². The van der Waals surface area contributed by atoms with Gasteiger partial charge in [-0.05, 0) is 75.8 Å². The molecule has 2 heteroatoms. The normalized spacial score (nSPS) is 37.0. The fraction of sp³-hybridized carbons (Fsp3) is 1.00. The van der Waals surface area contributed by atoms with Gasteiger partial charge in [-0.1, -0.05) is 19.3 Å². The number of nitrogens with zero attached hydrogens (tertiary/aromatic N) is 1. The number of nitrogens with one attached hydrogen (secondary N) is 1. The molecule has 1 N–H and O–H groups in total. The fourth-order valence-corrected chi connectivity index (χ4v) is 5.35. The largest absolute Gasteiger partial charge is 0.316 e. The predicted octanol–water partition coefficient (Wildman–Crippen LogP) is 3.56. The van der Waals surface area contributed by atoms with Gasteiger partial charge in [0.1, 0.15) is 0 Å². The summed E-state index contributed by atoms with van der Waals surface area (Å²) >= 11 is 0. The van der Waals surface area contributed by atoms with Crippen molar-refractivity contribution in [2.75, 3.05) is 19.6 Å². The highest BCUT2D eigenvalue weighted by atomic mass is 15.2. The highest BCUT2D eigenvalue weighted by Crippen LogP contribution is 2.55. The van der Waals surface area contributed by atoms with Crippen molar-refractivity contribution in [3.63, 3.8) is 0 Å². The molecule has 0 radical (unpaired) electrons. The molecule has 0 aromatic carbocycles. The molecule has 3 aliphatic carbocycles. The summed E-state index contributed by atoms with van der Waals surface area (Å²) in [4.78, 5) is 3.01. The average molecular weight is 276 g/mol. The van der Waals surface area contributed by atoms with E-state index in [1.807, 2.05) is 0 Å². The van der Waals surface area contributed by atoms with E-state index in [2.05, 4.69) is 10.2 Å². The van der Waals surface area contributed by atoms with E-state index in [4.69, 9.17) is 0 Å². The smallest absolute Gasteiger partial charge is 0.0155 e. The molecule has 20 heavy (non-hydrogen) atoms. The van der Waals surface area contributed by atoms with Crippen molar-refractivity contribution >= 4 is 0 Å². The molecular formula is C18H32N2. The van der Waals surface area contributed by atoms with Crippen molar-refractivity contribution in [2.24, 2.45) is 11.3 Å². The van der Waals surface area contributed by atoms with Gasteiger partial charge in [0, 0.05) is 18.6 Å². The second-order valence-corrected chi connectivity index (χ2v) is 8.12. The Balaban J connectivity index is 1.42. The van der Waals surface area contributed by atoms with E-state index in [-0.39, 0.29) is 0 Å². The summed E-state index contributed by atoms with van der Waals surface area (Å²) < 4.78 is 0. The molecule has 1 saturated heterocycles. The SMILES string of the molecule is C1CCC2(CC1)CCC2N(CC1CCCNC1)C1CC1. The lowest BCUT2D eigenvalue weighted by Crippen LogP contribution is -2.58. The first-order valence-corrected chi connectivity index (χ1v) is 9.34. The Morgan fingerprint density at radius 3 is 2.35 bits per heavy atom. The summed E-state index contributed by atoms with van der Waals surface area (Å²) in [6.07, 6.45) is 16.5. The molecule has 3 saturated carbocycles. The van der Waals surface area contributed by atoms with Gasteiger partial charge in [0.25, 0.3) is 0 Å². The third-order valence-electron chi connectivity index (χ3n) is 6.76. The molecule has 1 heterocycles. The Hall–Kier alpha value is -0.0800. The van der Waals surface area contributed by atoms with E-state index in [1.165, 1.54) is 71.0 Å². The number of piperidine rings is 1. The van der Waals surface area contributed by atoms with Crippen LogP contribution in [0.1, 0.15) is 70.6 Å². The summed E-state index contributed by atoms with van der Waals surface area (Å²) in [6.45, 7) is 3.94. The molecule has 2 nitrogen and oxygen atoms in total. The van der Waals surface area contributed by atoms with E-state index >= 15 is 0 Å². The van der Waals surface area contributed by atoms with Crippen molar-refractivity contribution in [3.8, 4) is 0 Å².